The first-order valence-electron chi connectivity index (χ1n) is 9.67. The van der Waals surface area contributed by atoms with Crippen LogP contribution in [0.3, 0.4) is 0 Å². The average molecular weight is 380 g/mol. The van der Waals surface area contributed by atoms with E-state index in [2.05, 4.69) is 5.32 Å². The van der Waals surface area contributed by atoms with Crippen molar-refractivity contribution in [2.45, 2.75) is 32.3 Å². The molecule has 0 saturated carbocycles. The molecule has 2 aromatic carbocycles. The molecule has 2 saturated heterocycles. The van der Waals surface area contributed by atoms with Gasteiger partial charge in [-0.3, -0.25) is 9.59 Å². The molecule has 1 N–H and O–H groups in total. The van der Waals surface area contributed by atoms with Crippen LogP contribution in [0.1, 0.15) is 35.2 Å². The lowest BCUT2D eigenvalue weighted by Crippen LogP contribution is -2.27. The van der Waals surface area contributed by atoms with E-state index in [1.165, 1.54) is 0 Å². The van der Waals surface area contributed by atoms with Crippen molar-refractivity contribution < 1.29 is 19.1 Å². The van der Waals surface area contributed by atoms with Gasteiger partial charge in [0.25, 0.3) is 5.91 Å². The Morgan fingerprint density at radius 2 is 2.04 bits per heavy atom. The summed E-state index contributed by atoms with van der Waals surface area (Å²) in [7, 11) is 0. The highest BCUT2D eigenvalue weighted by Gasteiger charge is 2.26. The molecule has 2 fully saturated rings. The lowest BCUT2D eigenvalue weighted by Gasteiger charge is -2.20. The van der Waals surface area contributed by atoms with Crippen molar-refractivity contribution in [2.75, 3.05) is 30.0 Å². The molecule has 2 aromatic rings. The number of benzene rings is 2. The lowest BCUT2D eigenvalue weighted by molar-refractivity contribution is -0.117. The third kappa shape index (κ3) is 4.02. The van der Waals surface area contributed by atoms with Crippen LogP contribution in [-0.4, -0.2) is 37.7 Å². The van der Waals surface area contributed by atoms with Gasteiger partial charge in [-0.05, 0) is 49.7 Å². The zero-order chi connectivity index (χ0) is 19.5. The van der Waals surface area contributed by atoms with Crippen LogP contribution >= 0.6 is 0 Å². The minimum absolute atomic E-state index is 0.0651. The molecule has 0 bridgehead atoms. The number of carbonyl (C=O) groups excluding carboxylic acids is 2. The Balaban J connectivity index is 1.49. The normalized spacial score (nSPS) is 19.1. The molecule has 146 valence electrons. The molecule has 0 radical (unpaired) electrons. The fraction of sp³-hybridized carbons (Fsp3) is 0.364. The largest absolute Gasteiger partial charge is 0.488 e. The molecular weight excluding hydrogens is 356 g/mol. The van der Waals surface area contributed by atoms with Gasteiger partial charge in [0.2, 0.25) is 5.91 Å². The van der Waals surface area contributed by atoms with Crippen LogP contribution in [0.15, 0.2) is 42.5 Å². The highest BCUT2D eigenvalue weighted by atomic mass is 16.5. The van der Waals surface area contributed by atoms with E-state index in [9.17, 15) is 9.59 Å². The van der Waals surface area contributed by atoms with E-state index in [0.29, 0.717) is 36.5 Å². The molecule has 6 nitrogen and oxygen atoms in total. The standard InChI is InChI=1S/C22H24N2O4/c1-15-4-9-20(24-11-2-3-21(24)25)19(13-15)22(26)23-16-5-7-17(8-6-16)28-18-10-12-27-14-18/h4-9,13,18H,2-3,10-12,14H2,1H3,(H,23,26). The molecule has 28 heavy (non-hydrogen) atoms. The van der Waals surface area contributed by atoms with Gasteiger partial charge in [0.1, 0.15) is 11.9 Å². The molecule has 2 heterocycles. The Kier molecular flexibility index (Phi) is 5.30. The van der Waals surface area contributed by atoms with Gasteiger partial charge < -0.3 is 19.7 Å². The van der Waals surface area contributed by atoms with Crippen LogP contribution in [0.2, 0.25) is 0 Å². The number of ether oxygens (including phenoxy) is 2. The van der Waals surface area contributed by atoms with Gasteiger partial charge in [0.05, 0.1) is 24.5 Å². The van der Waals surface area contributed by atoms with Gasteiger partial charge in [0, 0.05) is 25.1 Å². The second kappa shape index (κ2) is 8.02. The van der Waals surface area contributed by atoms with Crippen LogP contribution in [0.25, 0.3) is 0 Å². The van der Waals surface area contributed by atoms with Crippen molar-refractivity contribution >= 4 is 23.2 Å². The lowest BCUT2D eigenvalue weighted by atomic mass is 10.1. The van der Waals surface area contributed by atoms with E-state index in [0.717, 1.165) is 30.8 Å². The summed E-state index contributed by atoms with van der Waals surface area (Å²) >= 11 is 0. The van der Waals surface area contributed by atoms with Crippen LogP contribution in [0, 0.1) is 6.92 Å². The number of aryl methyl sites for hydroxylation is 1. The number of anilines is 2. The molecule has 1 atom stereocenters. The minimum Gasteiger partial charge on any atom is -0.488 e. The second-order valence-corrected chi connectivity index (χ2v) is 7.25. The number of hydrogen-bond acceptors (Lipinski definition) is 4. The Morgan fingerprint density at radius 3 is 2.71 bits per heavy atom. The summed E-state index contributed by atoms with van der Waals surface area (Å²) in [5.41, 5.74) is 2.84. The highest BCUT2D eigenvalue weighted by molar-refractivity contribution is 6.11. The predicted molar refractivity (Wildman–Crippen MR) is 107 cm³/mol. The van der Waals surface area contributed by atoms with E-state index >= 15 is 0 Å². The highest BCUT2D eigenvalue weighted by Crippen LogP contribution is 2.28. The number of nitrogens with zero attached hydrogens (tertiary/aromatic N) is 1. The number of carbonyl (C=O) groups is 2. The van der Waals surface area contributed by atoms with Gasteiger partial charge in [0.15, 0.2) is 0 Å². The second-order valence-electron chi connectivity index (χ2n) is 7.25. The summed E-state index contributed by atoms with van der Waals surface area (Å²) in [5.74, 6) is 0.596. The number of amides is 2. The Hall–Kier alpha value is -2.86. The van der Waals surface area contributed by atoms with Crippen LogP contribution in [-0.2, 0) is 9.53 Å². The van der Waals surface area contributed by atoms with Crippen molar-refractivity contribution in [1.82, 2.24) is 0 Å². The third-order valence-corrected chi connectivity index (χ3v) is 5.06. The molecule has 2 aliphatic rings. The zero-order valence-electron chi connectivity index (χ0n) is 15.9. The van der Waals surface area contributed by atoms with Crippen LogP contribution in [0.4, 0.5) is 11.4 Å². The molecule has 0 spiro atoms. The summed E-state index contributed by atoms with van der Waals surface area (Å²) in [5, 5.41) is 2.93. The first kappa shape index (κ1) is 18.5. The Labute approximate surface area is 164 Å². The molecule has 2 aliphatic heterocycles. The summed E-state index contributed by atoms with van der Waals surface area (Å²) in [6.45, 7) is 3.94. The van der Waals surface area contributed by atoms with Crippen molar-refractivity contribution in [3.05, 3.63) is 53.6 Å². The summed E-state index contributed by atoms with van der Waals surface area (Å²) in [6.07, 6.45) is 2.33. The average Bonchev–Trinajstić information content (AvgIpc) is 3.35. The Bertz CT molecular complexity index is 873. The molecule has 2 amide bonds. The maximum absolute atomic E-state index is 12.9. The fourth-order valence-electron chi connectivity index (χ4n) is 3.58. The quantitative estimate of drug-likeness (QED) is 0.862. The molecule has 0 aliphatic carbocycles. The van der Waals surface area contributed by atoms with Gasteiger partial charge in [-0.2, -0.15) is 0 Å². The van der Waals surface area contributed by atoms with E-state index in [1.807, 2.05) is 49.4 Å². The van der Waals surface area contributed by atoms with Gasteiger partial charge in [-0.15, -0.1) is 0 Å². The number of hydrogen-bond donors (Lipinski definition) is 1. The first-order valence-corrected chi connectivity index (χ1v) is 9.67. The monoisotopic (exact) mass is 380 g/mol. The summed E-state index contributed by atoms with van der Waals surface area (Å²) < 4.78 is 11.2. The fourth-order valence-corrected chi connectivity index (χ4v) is 3.58. The minimum atomic E-state index is -0.226. The summed E-state index contributed by atoms with van der Waals surface area (Å²) in [6, 6.07) is 12.9. The van der Waals surface area contributed by atoms with Gasteiger partial charge in [-0.1, -0.05) is 11.6 Å². The van der Waals surface area contributed by atoms with E-state index in [-0.39, 0.29) is 17.9 Å². The number of nitrogens with one attached hydrogen (secondary N) is 1. The van der Waals surface area contributed by atoms with Crippen molar-refractivity contribution in [3.63, 3.8) is 0 Å². The van der Waals surface area contributed by atoms with Crippen LogP contribution in [0.5, 0.6) is 5.75 Å². The molecular formula is C22H24N2O4. The molecule has 1 unspecified atom stereocenters. The van der Waals surface area contributed by atoms with Crippen molar-refractivity contribution in [1.29, 1.82) is 0 Å². The van der Waals surface area contributed by atoms with Gasteiger partial charge >= 0.3 is 0 Å². The van der Waals surface area contributed by atoms with E-state index < -0.39 is 0 Å². The zero-order valence-corrected chi connectivity index (χ0v) is 15.9. The Morgan fingerprint density at radius 1 is 1.21 bits per heavy atom. The summed E-state index contributed by atoms with van der Waals surface area (Å²) in [4.78, 5) is 26.8. The number of rotatable bonds is 5. The van der Waals surface area contributed by atoms with E-state index in [4.69, 9.17) is 9.47 Å². The third-order valence-electron chi connectivity index (χ3n) is 5.06. The first-order chi connectivity index (χ1) is 13.6. The smallest absolute Gasteiger partial charge is 0.257 e. The maximum Gasteiger partial charge on any atom is 0.257 e. The van der Waals surface area contributed by atoms with Crippen molar-refractivity contribution in [2.24, 2.45) is 0 Å². The molecule has 0 aromatic heterocycles. The van der Waals surface area contributed by atoms with Crippen molar-refractivity contribution in [3.8, 4) is 5.75 Å². The SMILES string of the molecule is Cc1ccc(N2CCCC2=O)c(C(=O)Nc2ccc(OC3CCOC3)cc2)c1. The maximum atomic E-state index is 12.9. The molecule has 4 rings (SSSR count). The molecule has 6 heteroatoms. The van der Waals surface area contributed by atoms with Gasteiger partial charge in [-0.25, -0.2) is 0 Å². The van der Waals surface area contributed by atoms with Crippen LogP contribution < -0.4 is 15.0 Å². The van der Waals surface area contributed by atoms with E-state index in [1.54, 1.807) is 4.90 Å². The topological polar surface area (TPSA) is 67.9 Å². The predicted octanol–water partition coefficient (Wildman–Crippen LogP) is 3.54.